The molecule has 10 heteroatoms. The molecule has 0 aliphatic carbocycles. The van der Waals surface area contributed by atoms with Crippen LogP contribution in [0.1, 0.15) is 25.7 Å². The van der Waals surface area contributed by atoms with E-state index in [1.807, 2.05) is 0 Å². The van der Waals surface area contributed by atoms with Crippen molar-refractivity contribution < 1.29 is 18.1 Å². The number of amides is 1. The summed E-state index contributed by atoms with van der Waals surface area (Å²) < 4.78 is 26.8. The molecule has 1 aliphatic rings. The van der Waals surface area contributed by atoms with Gasteiger partial charge in [0.1, 0.15) is 0 Å². The van der Waals surface area contributed by atoms with Gasteiger partial charge in [-0.15, -0.1) is 0 Å². The SMILES string of the molecule is NCCCCNC(=O)C1CCCN(S(=O)(=O)c2ccc([N+](=O)[O-])cc2)C1. The van der Waals surface area contributed by atoms with Crippen LogP contribution in [0.25, 0.3) is 0 Å². The number of unbranched alkanes of at least 4 members (excludes halogenated alkanes) is 1. The van der Waals surface area contributed by atoms with Gasteiger partial charge >= 0.3 is 0 Å². The minimum Gasteiger partial charge on any atom is -0.356 e. The normalized spacial score (nSPS) is 18.4. The first-order chi connectivity index (χ1) is 12.4. The van der Waals surface area contributed by atoms with Crippen molar-refractivity contribution in [3.63, 3.8) is 0 Å². The molecule has 0 aromatic heterocycles. The van der Waals surface area contributed by atoms with Gasteiger partial charge in [-0.2, -0.15) is 4.31 Å². The molecule has 0 radical (unpaired) electrons. The number of nitro benzene ring substituents is 1. The van der Waals surface area contributed by atoms with Crippen LogP contribution in [0.3, 0.4) is 0 Å². The quantitative estimate of drug-likeness (QED) is 0.387. The van der Waals surface area contributed by atoms with Crippen LogP contribution in [-0.4, -0.2) is 49.7 Å². The smallest absolute Gasteiger partial charge is 0.269 e. The summed E-state index contributed by atoms with van der Waals surface area (Å²) >= 11 is 0. The zero-order valence-electron chi connectivity index (χ0n) is 14.5. The highest BCUT2D eigenvalue weighted by Gasteiger charge is 2.33. The van der Waals surface area contributed by atoms with Crippen molar-refractivity contribution in [3.8, 4) is 0 Å². The van der Waals surface area contributed by atoms with Crippen LogP contribution in [0.4, 0.5) is 5.69 Å². The lowest BCUT2D eigenvalue weighted by molar-refractivity contribution is -0.384. The third-order valence-electron chi connectivity index (χ3n) is 4.37. The summed E-state index contributed by atoms with van der Waals surface area (Å²) in [7, 11) is -3.79. The summed E-state index contributed by atoms with van der Waals surface area (Å²) in [6.07, 6.45) is 2.84. The van der Waals surface area contributed by atoms with Gasteiger partial charge < -0.3 is 11.1 Å². The number of hydrogen-bond acceptors (Lipinski definition) is 6. The van der Waals surface area contributed by atoms with Crippen LogP contribution in [0.15, 0.2) is 29.2 Å². The molecule has 0 bridgehead atoms. The lowest BCUT2D eigenvalue weighted by Gasteiger charge is -2.31. The summed E-state index contributed by atoms with van der Waals surface area (Å²) in [5.41, 5.74) is 5.24. The average molecular weight is 384 g/mol. The lowest BCUT2D eigenvalue weighted by atomic mass is 9.99. The zero-order valence-corrected chi connectivity index (χ0v) is 15.3. The number of nitrogens with zero attached hydrogens (tertiary/aromatic N) is 2. The largest absolute Gasteiger partial charge is 0.356 e. The minimum atomic E-state index is -3.79. The first kappa shape index (κ1) is 20.3. The number of piperidine rings is 1. The predicted octanol–water partition coefficient (Wildman–Crippen LogP) is 0.851. The van der Waals surface area contributed by atoms with Gasteiger partial charge in [0.15, 0.2) is 0 Å². The van der Waals surface area contributed by atoms with Gasteiger partial charge in [0.05, 0.1) is 15.7 Å². The molecule has 1 aromatic rings. The summed E-state index contributed by atoms with van der Waals surface area (Å²) in [4.78, 5) is 22.4. The molecule has 1 aromatic carbocycles. The fourth-order valence-electron chi connectivity index (χ4n) is 2.89. The number of benzene rings is 1. The Morgan fingerprint density at radius 3 is 2.62 bits per heavy atom. The van der Waals surface area contributed by atoms with Gasteiger partial charge in [-0.1, -0.05) is 0 Å². The van der Waals surface area contributed by atoms with E-state index in [0.717, 1.165) is 12.8 Å². The van der Waals surface area contributed by atoms with Crippen LogP contribution in [-0.2, 0) is 14.8 Å². The molecule has 1 saturated heterocycles. The monoisotopic (exact) mass is 384 g/mol. The molecular weight excluding hydrogens is 360 g/mol. The maximum absolute atomic E-state index is 12.7. The van der Waals surface area contributed by atoms with Gasteiger partial charge in [0.2, 0.25) is 15.9 Å². The van der Waals surface area contributed by atoms with Crippen molar-refractivity contribution in [2.45, 2.75) is 30.6 Å². The Balaban J connectivity index is 2.02. The number of carbonyl (C=O) groups is 1. The van der Waals surface area contributed by atoms with E-state index in [0.29, 0.717) is 32.5 Å². The molecule has 3 N–H and O–H groups in total. The molecule has 1 aliphatic heterocycles. The highest BCUT2D eigenvalue weighted by Crippen LogP contribution is 2.25. The van der Waals surface area contributed by atoms with E-state index in [9.17, 15) is 23.3 Å². The van der Waals surface area contributed by atoms with Gasteiger partial charge in [-0.25, -0.2) is 8.42 Å². The molecule has 1 amide bonds. The maximum atomic E-state index is 12.7. The van der Waals surface area contributed by atoms with E-state index in [1.165, 1.54) is 28.6 Å². The zero-order chi connectivity index (χ0) is 19.2. The molecule has 1 atom stereocenters. The van der Waals surface area contributed by atoms with Gasteiger partial charge in [-0.3, -0.25) is 14.9 Å². The Kier molecular flexibility index (Phi) is 7.06. The molecule has 144 valence electrons. The van der Waals surface area contributed by atoms with Crippen LogP contribution in [0.2, 0.25) is 0 Å². The molecule has 9 nitrogen and oxygen atoms in total. The Labute approximate surface area is 152 Å². The first-order valence-electron chi connectivity index (χ1n) is 8.58. The number of sulfonamides is 1. The lowest BCUT2D eigenvalue weighted by Crippen LogP contribution is -2.45. The second kappa shape index (κ2) is 9.06. The number of carbonyl (C=O) groups excluding carboxylic acids is 1. The molecule has 2 rings (SSSR count). The highest BCUT2D eigenvalue weighted by atomic mass is 32.2. The first-order valence-corrected chi connectivity index (χ1v) is 10.0. The van der Waals surface area contributed by atoms with E-state index in [1.54, 1.807) is 0 Å². The molecule has 1 heterocycles. The Bertz CT molecular complexity index is 736. The fourth-order valence-corrected chi connectivity index (χ4v) is 4.41. The van der Waals surface area contributed by atoms with Gasteiger partial charge in [-0.05, 0) is 44.4 Å². The summed E-state index contributed by atoms with van der Waals surface area (Å²) in [5.74, 6) is -0.542. The number of hydrogen-bond donors (Lipinski definition) is 2. The van der Waals surface area contributed by atoms with E-state index in [-0.39, 0.29) is 23.0 Å². The van der Waals surface area contributed by atoms with E-state index in [2.05, 4.69) is 5.32 Å². The molecular formula is C16H24N4O5S. The standard InChI is InChI=1S/C16H24N4O5S/c17-9-1-2-10-18-16(21)13-4-3-11-19(12-13)26(24,25)15-7-5-14(6-8-15)20(22)23/h5-8,13H,1-4,9-12,17H2,(H,18,21). The van der Waals surface area contributed by atoms with E-state index < -0.39 is 20.9 Å². The van der Waals surface area contributed by atoms with E-state index >= 15 is 0 Å². The third-order valence-corrected chi connectivity index (χ3v) is 6.25. The summed E-state index contributed by atoms with van der Waals surface area (Å²) in [6.45, 7) is 1.54. The second-order valence-corrected chi connectivity index (χ2v) is 8.18. The second-order valence-electron chi connectivity index (χ2n) is 6.24. The molecule has 0 spiro atoms. The van der Waals surface area contributed by atoms with Crippen molar-refractivity contribution in [1.29, 1.82) is 0 Å². The van der Waals surface area contributed by atoms with Crippen molar-refractivity contribution in [2.24, 2.45) is 11.7 Å². The fraction of sp³-hybridized carbons (Fsp3) is 0.562. The Hall–Kier alpha value is -2.04. The number of nitrogens with one attached hydrogen (secondary N) is 1. The molecule has 1 unspecified atom stereocenters. The summed E-state index contributed by atoms with van der Waals surface area (Å²) in [6, 6.07) is 4.78. The third kappa shape index (κ3) is 4.99. The molecule has 1 fully saturated rings. The number of non-ortho nitro benzene ring substituents is 1. The Morgan fingerprint density at radius 1 is 1.31 bits per heavy atom. The van der Waals surface area contributed by atoms with Crippen LogP contribution >= 0.6 is 0 Å². The maximum Gasteiger partial charge on any atom is 0.269 e. The van der Waals surface area contributed by atoms with Crippen molar-refractivity contribution >= 4 is 21.6 Å². The Morgan fingerprint density at radius 2 is 2.00 bits per heavy atom. The minimum absolute atomic E-state index is 0.00731. The molecule has 0 saturated carbocycles. The van der Waals surface area contributed by atoms with Crippen molar-refractivity contribution in [1.82, 2.24) is 9.62 Å². The highest BCUT2D eigenvalue weighted by molar-refractivity contribution is 7.89. The van der Waals surface area contributed by atoms with E-state index in [4.69, 9.17) is 5.73 Å². The van der Waals surface area contributed by atoms with Crippen LogP contribution in [0, 0.1) is 16.0 Å². The van der Waals surface area contributed by atoms with Crippen LogP contribution < -0.4 is 11.1 Å². The van der Waals surface area contributed by atoms with Crippen LogP contribution in [0.5, 0.6) is 0 Å². The van der Waals surface area contributed by atoms with Gasteiger partial charge in [0.25, 0.3) is 5.69 Å². The molecule has 26 heavy (non-hydrogen) atoms. The average Bonchev–Trinajstić information content (AvgIpc) is 2.65. The summed E-state index contributed by atoms with van der Waals surface area (Å²) in [5, 5.41) is 13.5. The van der Waals surface area contributed by atoms with Crippen molar-refractivity contribution in [3.05, 3.63) is 34.4 Å². The topological polar surface area (TPSA) is 136 Å². The van der Waals surface area contributed by atoms with Gasteiger partial charge in [0, 0.05) is 31.8 Å². The van der Waals surface area contributed by atoms with Crippen molar-refractivity contribution in [2.75, 3.05) is 26.2 Å². The number of nitro groups is 1. The number of rotatable bonds is 8. The number of nitrogens with two attached hydrogens (primary N) is 1. The predicted molar refractivity (Wildman–Crippen MR) is 95.9 cm³/mol.